The first-order valence-electron chi connectivity index (χ1n) is 5.51. The second kappa shape index (κ2) is 7.78. The second-order valence-corrected chi connectivity index (χ2v) is 6.07. The molecule has 4 nitrogen and oxygen atoms in total. The SMILES string of the molecule is CCSCCCNc1cc(F)c(I)cc1[N+](=O)[O-]. The van der Waals surface area contributed by atoms with Gasteiger partial charge in [-0.15, -0.1) is 0 Å². The Labute approximate surface area is 123 Å². The monoisotopic (exact) mass is 384 g/mol. The van der Waals surface area contributed by atoms with Gasteiger partial charge in [-0.1, -0.05) is 6.92 Å². The van der Waals surface area contributed by atoms with Gasteiger partial charge in [-0.05, 0) is 40.5 Å². The van der Waals surface area contributed by atoms with Gasteiger partial charge in [0.25, 0.3) is 5.69 Å². The van der Waals surface area contributed by atoms with Crippen molar-refractivity contribution in [2.75, 3.05) is 23.4 Å². The third-order valence-electron chi connectivity index (χ3n) is 2.22. The van der Waals surface area contributed by atoms with Crippen LogP contribution in [-0.2, 0) is 0 Å². The van der Waals surface area contributed by atoms with Gasteiger partial charge < -0.3 is 5.32 Å². The molecular formula is C11H14FIN2O2S. The number of hydrogen-bond acceptors (Lipinski definition) is 4. The maximum atomic E-state index is 13.4. The van der Waals surface area contributed by atoms with E-state index in [4.69, 9.17) is 0 Å². The van der Waals surface area contributed by atoms with Crippen molar-refractivity contribution in [3.63, 3.8) is 0 Å². The lowest BCUT2D eigenvalue weighted by Gasteiger charge is -2.07. The van der Waals surface area contributed by atoms with Crippen LogP contribution >= 0.6 is 34.4 Å². The minimum Gasteiger partial charge on any atom is -0.379 e. The van der Waals surface area contributed by atoms with Crippen molar-refractivity contribution in [2.45, 2.75) is 13.3 Å². The van der Waals surface area contributed by atoms with Crippen molar-refractivity contribution in [2.24, 2.45) is 0 Å². The van der Waals surface area contributed by atoms with Crippen LogP contribution in [0.25, 0.3) is 0 Å². The van der Waals surface area contributed by atoms with E-state index in [2.05, 4.69) is 12.2 Å². The fourth-order valence-electron chi connectivity index (χ4n) is 1.37. The molecule has 0 fully saturated rings. The molecule has 1 aromatic rings. The molecule has 0 aromatic heterocycles. The molecule has 0 amide bonds. The minimum absolute atomic E-state index is 0.0797. The Kier molecular flexibility index (Phi) is 6.69. The Morgan fingerprint density at radius 1 is 1.56 bits per heavy atom. The zero-order valence-corrected chi connectivity index (χ0v) is 12.9. The van der Waals surface area contributed by atoms with E-state index in [0.29, 0.717) is 6.54 Å². The lowest BCUT2D eigenvalue weighted by Crippen LogP contribution is -2.06. The number of nitrogens with zero attached hydrogens (tertiary/aromatic N) is 1. The van der Waals surface area contributed by atoms with Crippen molar-refractivity contribution < 1.29 is 9.31 Å². The normalized spacial score (nSPS) is 10.4. The van der Waals surface area contributed by atoms with E-state index < -0.39 is 10.7 Å². The van der Waals surface area contributed by atoms with Crippen LogP contribution in [0.15, 0.2) is 12.1 Å². The van der Waals surface area contributed by atoms with E-state index >= 15 is 0 Å². The fraction of sp³-hybridized carbons (Fsp3) is 0.455. The number of nitrogens with one attached hydrogen (secondary N) is 1. The molecule has 1 rings (SSSR count). The van der Waals surface area contributed by atoms with Crippen LogP contribution in [0.1, 0.15) is 13.3 Å². The number of nitro groups is 1. The summed E-state index contributed by atoms with van der Waals surface area (Å²) < 4.78 is 13.6. The summed E-state index contributed by atoms with van der Waals surface area (Å²) in [5, 5.41) is 13.8. The predicted octanol–water partition coefficient (Wildman–Crippen LogP) is 3.89. The topological polar surface area (TPSA) is 55.2 Å². The fourth-order valence-corrected chi connectivity index (χ4v) is 2.46. The predicted molar refractivity (Wildman–Crippen MR) is 81.9 cm³/mol. The highest BCUT2D eigenvalue weighted by Crippen LogP contribution is 2.28. The molecule has 0 aliphatic heterocycles. The molecule has 7 heteroatoms. The molecule has 0 radical (unpaired) electrons. The van der Waals surface area contributed by atoms with Gasteiger partial charge in [0, 0.05) is 18.7 Å². The first-order valence-corrected chi connectivity index (χ1v) is 7.74. The molecule has 0 unspecified atom stereocenters. The van der Waals surface area contributed by atoms with Crippen molar-refractivity contribution >= 4 is 45.7 Å². The Bertz CT molecular complexity index is 432. The Morgan fingerprint density at radius 3 is 2.89 bits per heavy atom. The molecule has 1 N–H and O–H groups in total. The summed E-state index contributed by atoms with van der Waals surface area (Å²) >= 11 is 3.56. The van der Waals surface area contributed by atoms with Crippen LogP contribution in [0.4, 0.5) is 15.8 Å². The summed E-state index contributed by atoms with van der Waals surface area (Å²) in [6.45, 7) is 2.69. The first kappa shape index (κ1) is 15.5. The summed E-state index contributed by atoms with van der Waals surface area (Å²) in [5.74, 6) is 1.61. The van der Waals surface area contributed by atoms with Gasteiger partial charge in [0.1, 0.15) is 11.5 Å². The lowest BCUT2D eigenvalue weighted by molar-refractivity contribution is -0.384. The number of rotatable bonds is 7. The molecule has 0 aliphatic carbocycles. The first-order chi connectivity index (χ1) is 8.56. The third kappa shape index (κ3) is 4.60. The molecule has 100 valence electrons. The number of hydrogen-bond donors (Lipinski definition) is 1. The van der Waals surface area contributed by atoms with E-state index in [1.165, 1.54) is 12.1 Å². The molecule has 0 heterocycles. The molecule has 0 bridgehead atoms. The second-order valence-electron chi connectivity index (χ2n) is 3.52. The highest BCUT2D eigenvalue weighted by Gasteiger charge is 2.16. The number of benzene rings is 1. The zero-order valence-electron chi connectivity index (χ0n) is 9.91. The molecular weight excluding hydrogens is 370 g/mol. The number of thioether (sulfide) groups is 1. The van der Waals surface area contributed by atoms with Gasteiger partial charge in [0.2, 0.25) is 0 Å². The average Bonchev–Trinajstić information content (AvgIpc) is 2.32. The summed E-state index contributed by atoms with van der Waals surface area (Å²) in [7, 11) is 0. The maximum absolute atomic E-state index is 13.4. The zero-order chi connectivity index (χ0) is 13.5. The Balaban J connectivity index is 2.68. The maximum Gasteiger partial charge on any atom is 0.293 e. The number of nitro benzene ring substituents is 1. The van der Waals surface area contributed by atoms with Crippen molar-refractivity contribution in [3.05, 3.63) is 31.6 Å². The standard InChI is InChI=1S/C11H14FIN2O2S/c1-2-18-5-3-4-14-10-6-8(12)9(13)7-11(10)15(16)17/h6-7,14H,2-5H2,1H3. The molecule has 0 spiro atoms. The van der Waals surface area contributed by atoms with E-state index in [0.717, 1.165) is 17.9 Å². The van der Waals surface area contributed by atoms with Crippen LogP contribution in [0.3, 0.4) is 0 Å². The molecule has 0 atom stereocenters. The smallest absolute Gasteiger partial charge is 0.293 e. The Hall–Kier alpha value is -0.570. The summed E-state index contributed by atoms with van der Waals surface area (Å²) in [6.07, 6.45) is 0.892. The van der Waals surface area contributed by atoms with Crippen LogP contribution < -0.4 is 5.32 Å². The molecule has 0 saturated carbocycles. The summed E-state index contributed by atoms with van der Waals surface area (Å²) in [5.41, 5.74) is 0.170. The van der Waals surface area contributed by atoms with E-state index in [9.17, 15) is 14.5 Å². The van der Waals surface area contributed by atoms with E-state index in [-0.39, 0.29) is 14.9 Å². The van der Waals surface area contributed by atoms with E-state index in [1.54, 1.807) is 22.6 Å². The van der Waals surface area contributed by atoms with Gasteiger partial charge in [0.15, 0.2) is 0 Å². The highest BCUT2D eigenvalue weighted by molar-refractivity contribution is 14.1. The van der Waals surface area contributed by atoms with Crippen molar-refractivity contribution in [3.8, 4) is 0 Å². The van der Waals surface area contributed by atoms with Crippen LogP contribution in [0.5, 0.6) is 0 Å². The lowest BCUT2D eigenvalue weighted by atomic mass is 10.2. The van der Waals surface area contributed by atoms with Gasteiger partial charge in [-0.25, -0.2) is 4.39 Å². The molecule has 18 heavy (non-hydrogen) atoms. The number of anilines is 1. The van der Waals surface area contributed by atoms with Gasteiger partial charge in [0.05, 0.1) is 8.49 Å². The molecule has 1 aromatic carbocycles. The van der Waals surface area contributed by atoms with Gasteiger partial charge in [-0.3, -0.25) is 10.1 Å². The molecule has 0 saturated heterocycles. The average molecular weight is 384 g/mol. The van der Waals surface area contributed by atoms with E-state index in [1.807, 2.05) is 11.8 Å². The van der Waals surface area contributed by atoms with Crippen LogP contribution in [0.2, 0.25) is 0 Å². The summed E-state index contributed by atoms with van der Waals surface area (Å²) in [6, 6.07) is 2.44. The van der Waals surface area contributed by atoms with Crippen molar-refractivity contribution in [1.29, 1.82) is 0 Å². The minimum atomic E-state index is -0.495. The summed E-state index contributed by atoms with van der Waals surface area (Å²) in [4.78, 5) is 10.4. The van der Waals surface area contributed by atoms with Gasteiger partial charge >= 0.3 is 0 Å². The molecule has 0 aliphatic rings. The number of halogens is 2. The third-order valence-corrected chi connectivity index (χ3v) is 4.03. The largest absolute Gasteiger partial charge is 0.379 e. The highest BCUT2D eigenvalue weighted by atomic mass is 127. The van der Waals surface area contributed by atoms with Crippen LogP contribution in [0, 0.1) is 19.5 Å². The van der Waals surface area contributed by atoms with Gasteiger partial charge in [-0.2, -0.15) is 11.8 Å². The van der Waals surface area contributed by atoms with Crippen molar-refractivity contribution in [1.82, 2.24) is 0 Å². The Morgan fingerprint density at radius 2 is 2.28 bits per heavy atom. The van der Waals surface area contributed by atoms with Crippen LogP contribution in [-0.4, -0.2) is 23.0 Å². The quantitative estimate of drug-likeness (QED) is 0.335.